The smallest absolute Gasteiger partial charge is 0.243 e. The minimum atomic E-state index is -3.61. The fourth-order valence-electron chi connectivity index (χ4n) is 3.82. The zero-order valence-electron chi connectivity index (χ0n) is 19.3. The highest BCUT2D eigenvalue weighted by Crippen LogP contribution is 2.23. The number of fused-ring (bicyclic) bond motifs is 1. The lowest BCUT2D eigenvalue weighted by molar-refractivity contribution is 0.302. The first-order chi connectivity index (χ1) is 16.4. The third-order valence-electron chi connectivity index (χ3n) is 5.72. The van der Waals surface area contributed by atoms with Gasteiger partial charge in [-0.15, -0.1) is 0 Å². The number of imidazole rings is 1. The predicted molar refractivity (Wildman–Crippen MR) is 136 cm³/mol. The standard InChI is InChI=1S/C26H28ClN3O3S/c1-20-18-21(14-15-23(20)27)33-17-9-8-16-30-25-13-7-6-12-24(25)28-26(30)19-29(2)34(31,32)22-10-4-3-5-11-22/h3-7,10-15,18H,8-9,16-17,19H2,1-2H3. The van der Waals surface area contributed by atoms with Gasteiger partial charge in [-0.25, -0.2) is 13.4 Å². The van der Waals surface area contributed by atoms with Crippen LogP contribution in [0.25, 0.3) is 11.0 Å². The van der Waals surface area contributed by atoms with Crippen LogP contribution in [0.4, 0.5) is 0 Å². The van der Waals surface area contributed by atoms with Crippen LogP contribution >= 0.6 is 11.6 Å². The van der Waals surface area contributed by atoms with Gasteiger partial charge in [0.15, 0.2) is 0 Å². The number of aromatic nitrogens is 2. The molecule has 0 fully saturated rings. The zero-order valence-corrected chi connectivity index (χ0v) is 20.9. The summed E-state index contributed by atoms with van der Waals surface area (Å²) >= 11 is 6.08. The Labute approximate surface area is 205 Å². The molecule has 0 aliphatic carbocycles. The van der Waals surface area contributed by atoms with Crippen molar-refractivity contribution >= 4 is 32.7 Å². The highest BCUT2D eigenvalue weighted by atomic mass is 35.5. The van der Waals surface area contributed by atoms with Crippen molar-refractivity contribution in [2.75, 3.05) is 13.7 Å². The number of aryl methyl sites for hydroxylation is 2. The molecule has 0 N–H and O–H groups in total. The minimum Gasteiger partial charge on any atom is -0.494 e. The Hall–Kier alpha value is -2.87. The summed E-state index contributed by atoms with van der Waals surface area (Å²) in [5, 5.41) is 0.728. The first-order valence-corrected chi connectivity index (χ1v) is 13.0. The fourth-order valence-corrected chi connectivity index (χ4v) is 5.09. The van der Waals surface area contributed by atoms with E-state index in [0.717, 1.165) is 52.6 Å². The molecule has 3 aromatic carbocycles. The molecule has 0 spiro atoms. The highest BCUT2D eigenvalue weighted by Gasteiger charge is 2.23. The Kier molecular flexibility index (Phi) is 7.56. The second-order valence-electron chi connectivity index (χ2n) is 8.21. The second-order valence-corrected chi connectivity index (χ2v) is 10.7. The van der Waals surface area contributed by atoms with Crippen molar-refractivity contribution in [2.45, 2.75) is 37.8 Å². The molecular formula is C26H28ClN3O3S. The van der Waals surface area contributed by atoms with Crippen LogP contribution < -0.4 is 4.74 Å². The van der Waals surface area contributed by atoms with Crippen molar-refractivity contribution in [2.24, 2.45) is 0 Å². The van der Waals surface area contributed by atoms with Crippen LogP contribution in [0.3, 0.4) is 0 Å². The lowest BCUT2D eigenvalue weighted by Crippen LogP contribution is -2.28. The van der Waals surface area contributed by atoms with Crippen molar-refractivity contribution < 1.29 is 13.2 Å². The molecule has 1 heterocycles. The Bertz CT molecular complexity index is 1370. The Morgan fingerprint density at radius 3 is 2.50 bits per heavy atom. The molecule has 0 unspecified atom stereocenters. The third-order valence-corrected chi connectivity index (χ3v) is 7.96. The number of hydrogen-bond acceptors (Lipinski definition) is 4. The molecule has 0 saturated heterocycles. The minimum absolute atomic E-state index is 0.187. The molecule has 0 radical (unpaired) electrons. The van der Waals surface area contributed by atoms with E-state index in [1.807, 2.05) is 49.4 Å². The third kappa shape index (κ3) is 5.43. The lowest BCUT2D eigenvalue weighted by atomic mass is 10.2. The van der Waals surface area contributed by atoms with E-state index in [2.05, 4.69) is 4.57 Å². The normalized spacial score (nSPS) is 11.9. The summed E-state index contributed by atoms with van der Waals surface area (Å²) < 4.78 is 35.3. The highest BCUT2D eigenvalue weighted by molar-refractivity contribution is 7.89. The Morgan fingerprint density at radius 1 is 1.00 bits per heavy atom. The maximum Gasteiger partial charge on any atom is 0.243 e. The van der Waals surface area contributed by atoms with Gasteiger partial charge in [0.2, 0.25) is 10.0 Å². The fraction of sp³-hybridized carbons (Fsp3) is 0.269. The van der Waals surface area contributed by atoms with E-state index < -0.39 is 10.0 Å². The largest absolute Gasteiger partial charge is 0.494 e. The van der Waals surface area contributed by atoms with Gasteiger partial charge in [-0.2, -0.15) is 4.31 Å². The second kappa shape index (κ2) is 10.6. The molecule has 0 amide bonds. The number of ether oxygens (including phenoxy) is 1. The van der Waals surface area contributed by atoms with Gasteiger partial charge < -0.3 is 9.30 Å². The average molecular weight is 498 g/mol. The number of rotatable bonds is 10. The quantitative estimate of drug-likeness (QED) is 0.264. The van der Waals surface area contributed by atoms with E-state index in [1.165, 1.54) is 4.31 Å². The van der Waals surface area contributed by atoms with Gasteiger partial charge in [0.25, 0.3) is 0 Å². The summed E-state index contributed by atoms with van der Waals surface area (Å²) in [6.45, 7) is 3.45. The molecular weight excluding hydrogens is 470 g/mol. The average Bonchev–Trinajstić information content (AvgIpc) is 3.18. The maximum absolute atomic E-state index is 13.0. The van der Waals surface area contributed by atoms with Crippen molar-refractivity contribution in [1.82, 2.24) is 13.9 Å². The first kappa shape index (κ1) is 24.3. The number of hydrogen-bond donors (Lipinski definition) is 0. The van der Waals surface area contributed by atoms with Crippen LogP contribution in [0.5, 0.6) is 5.75 Å². The summed E-state index contributed by atoms with van der Waals surface area (Å²) in [6.07, 6.45) is 1.72. The molecule has 34 heavy (non-hydrogen) atoms. The van der Waals surface area contributed by atoms with Crippen LogP contribution in [0.15, 0.2) is 77.7 Å². The van der Waals surface area contributed by atoms with Crippen molar-refractivity contribution in [3.8, 4) is 5.75 Å². The van der Waals surface area contributed by atoms with Gasteiger partial charge in [0, 0.05) is 18.6 Å². The number of nitrogens with zero attached hydrogens (tertiary/aromatic N) is 3. The van der Waals surface area contributed by atoms with Crippen molar-refractivity contribution in [1.29, 1.82) is 0 Å². The molecule has 4 aromatic rings. The van der Waals surface area contributed by atoms with Gasteiger partial charge in [0.05, 0.1) is 29.1 Å². The van der Waals surface area contributed by atoms with Gasteiger partial charge in [-0.1, -0.05) is 41.9 Å². The van der Waals surface area contributed by atoms with Gasteiger partial charge >= 0.3 is 0 Å². The summed E-state index contributed by atoms with van der Waals surface area (Å²) in [5.74, 6) is 1.53. The van der Waals surface area contributed by atoms with Crippen LogP contribution in [0.2, 0.25) is 5.02 Å². The number of para-hydroxylation sites is 2. The molecule has 0 aliphatic rings. The van der Waals surface area contributed by atoms with E-state index >= 15 is 0 Å². The maximum atomic E-state index is 13.0. The summed E-state index contributed by atoms with van der Waals surface area (Å²) in [4.78, 5) is 5.01. The molecule has 8 heteroatoms. The molecule has 0 bridgehead atoms. The number of unbranched alkanes of at least 4 members (excludes halogenated alkanes) is 1. The van der Waals surface area contributed by atoms with Crippen LogP contribution in [0.1, 0.15) is 24.2 Å². The molecule has 4 rings (SSSR count). The van der Waals surface area contributed by atoms with Crippen LogP contribution in [-0.2, 0) is 23.1 Å². The monoisotopic (exact) mass is 497 g/mol. The van der Waals surface area contributed by atoms with E-state index in [9.17, 15) is 8.42 Å². The van der Waals surface area contributed by atoms with Gasteiger partial charge in [-0.05, 0) is 67.8 Å². The Balaban J connectivity index is 1.44. The van der Waals surface area contributed by atoms with E-state index in [4.69, 9.17) is 21.3 Å². The summed E-state index contributed by atoms with van der Waals surface area (Å²) in [5.41, 5.74) is 2.84. The molecule has 6 nitrogen and oxygen atoms in total. The summed E-state index contributed by atoms with van der Waals surface area (Å²) in [7, 11) is -2.02. The van der Waals surface area contributed by atoms with Gasteiger partial charge in [0.1, 0.15) is 11.6 Å². The van der Waals surface area contributed by atoms with Crippen LogP contribution in [-0.4, -0.2) is 35.9 Å². The van der Waals surface area contributed by atoms with E-state index in [1.54, 1.807) is 37.4 Å². The van der Waals surface area contributed by atoms with Crippen molar-refractivity contribution in [3.05, 3.63) is 89.2 Å². The predicted octanol–water partition coefficient (Wildman–Crippen LogP) is 5.68. The van der Waals surface area contributed by atoms with Crippen molar-refractivity contribution in [3.63, 3.8) is 0 Å². The first-order valence-electron chi connectivity index (χ1n) is 11.2. The van der Waals surface area contributed by atoms with Crippen LogP contribution in [0, 0.1) is 6.92 Å². The Morgan fingerprint density at radius 2 is 1.74 bits per heavy atom. The molecule has 178 valence electrons. The molecule has 0 aliphatic heterocycles. The SMILES string of the molecule is Cc1cc(OCCCCn2c(CN(C)S(=O)(=O)c3ccccc3)nc3ccccc32)ccc1Cl. The number of halogens is 1. The number of benzene rings is 3. The summed E-state index contributed by atoms with van der Waals surface area (Å²) in [6, 6.07) is 22.0. The molecule has 0 atom stereocenters. The molecule has 1 aromatic heterocycles. The molecule has 0 saturated carbocycles. The zero-order chi connectivity index (χ0) is 24.1. The number of sulfonamides is 1. The van der Waals surface area contributed by atoms with E-state index in [-0.39, 0.29) is 11.4 Å². The lowest BCUT2D eigenvalue weighted by Gasteiger charge is -2.18. The topological polar surface area (TPSA) is 64.4 Å². The van der Waals surface area contributed by atoms with Gasteiger partial charge in [-0.3, -0.25) is 0 Å². The van der Waals surface area contributed by atoms with E-state index in [0.29, 0.717) is 6.61 Å².